The largest absolute Gasteiger partial charge is 0.350 e. The molecular formula is C19H28N2O2. The molecule has 0 saturated carbocycles. The third-order valence-corrected chi connectivity index (χ3v) is 4.68. The number of hydrogen-bond acceptors (Lipinski definition) is 2. The van der Waals surface area contributed by atoms with Crippen LogP contribution in [0.3, 0.4) is 0 Å². The second-order valence-corrected chi connectivity index (χ2v) is 6.35. The molecule has 1 aliphatic heterocycles. The van der Waals surface area contributed by atoms with Crippen molar-refractivity contribution in [2.75, 3.05) is 0 Å². The van der Waals surface area contributed by atoms with E-state index in [1.54, 1.807) is 4.90 Å². The fourth-order valence-corrected chi connectivity index (χ4v) is 3.33. The molecule has 0 radical (unpaired) electrons. The van der Waals surface area contributed by atoms with E-state index in [0.29, 0.717) is 6.54 Å². The zero-order valence-corrected chi connectivity index (χ0v) is 14.0. The van der Waals surface area contributed by atoms with Gasteiger partial charge in [0, 0.05) is 12.6 Å². The maximum Gasteiger partial charge on any atom is 0.243 e. The van der Waals surface area contributed by atoms with Crippen molar-refractivity contribution in [2.45, 2.75) is 70.5 Å². The van der Waals surface area contributed by atoms with Crippen molar-refractivity contribution in [3.63, 3.8) is 0 Å². The lowest BCUT2D eigenvalue weighted by atomic mass is 10.1. The van der Waals surface area contributed by atoms with E-state index in [4.69, 9.17) is 0 Å². The van der Waals surface area contributed by atoms with Crippen LogP contribution in [0.5, 0.6) is 0 Å². The molecule has 2 atom stereocenters. The minimum atomic E-state index is -0.299. The van der Waals surface area contributed by atoms with Crippen molar-refractivity contribution in [1.82, 2.24) is 10.2 Å². The lowest BCUT2D eigenvalue weighted by Crippen LogP contribution is -2.45. The number of benzene rings is 1. The van der Waals surface area contributed by atoms with Gasteiger partial charge in [0.25, 0.3) is 0 Å². The van der Waals surface area contributed by atoms with Crippen LogP contribution in [0.2, 0.25) is 0 Å². The minimum absolute atomic E-state index is 0.0305. The van der Waals surface area contributed by atoms with Gasteiger partial charge in [-0.25, -0.2) is 0 Å². The Kier molecular flexibility index (Phi) is 7.11. The summed E-state index contributed by atoms with van der Waals surface area (Å²) in [6.07, 6.45) is 8.41. The molecule has 2 amide bonds. The molecule has 0 aliphatic carbocycles. The molecule has 0 spiro atoms. The number of nitrogens with zero attached hydrogens (tertiary/aromatic N) is 1. The average Bonchev–Trinajstić information content (AvgIpc) is 3.00. The molecule has 0 bridgehead atoms. The van der Waals surface area contributed by atoms with E-state index >= 15 is 0 Å². The predicted octanol–water partition coefficient (Wildman–Crippen LogP) is 3.26. The number of unbranched alkanes of at least 4 members (excludes halogenated alkanes) is 3. The lowest BCUT2D eigenvalue weighted by Gasteiger charge is -2.25. The maximum atomic E-state index is 12.4. The highest BCUT2D eigenvalue weighted by Gasteiger charge is 2.36. The molecule has 4 heteroatoms. The molecule has 1 N–H and O–H groups in total. The quantitative estimate of drug-likeness (QED) is 0.561. The number of carbonyl (C=O) groups excluding carboxylic acids is 2. The monoisotopic (exact) mass is 316 g/mol. The van der Waals surface area contributed by atoms with Crippen LogP contribution in [-0.2, 0) is 16.1 Å². The van der Waals surface area contributed by atoms with Crippen LogP contribution in [0, 0.1) is 0 Å². The highest BCUT2D eigenvalue weighted by atomic mass is 16.2. The normalized spacial score (nSPS) is 20.5. The van der Waals surface area contributed by atoms with Gasteiger partial charge in [0.05, 0.1) is 0 Å². The Labute approximate surface area is 139 Å². The van der Waals surface area contributed by atoms with Gasteiger partial charge in [-0.3, -0.25) is 9.59 Å². The van der Waals surface area contributed by atoms with Crippen molar-refractivity contribution in [3.05, 3.63) is 35.9 Å². The molecule has 1 fully saturated rings. The fraction of sp³-hybridized carbons (Fsp3) is 0.579. The van der Waals surface area contributed by atoms with Crippen LogP contribution in [-0.4, -0.2) is 29.3 Å². The number of likely N-dealkylation sites (tertiary alicyclic amines) is 1. The molecule has 1 aromatic carbocycles. The number of amides is 2. The van der Waals surface area contributed by atoms with Crippen LogP contribution in [0.25, 0.3) is 0 Å². The zero-order chi connectivity index (χ0) is 16.5. The first kappa shape index (κ1) is 17.5. The summed E-state index contributed by atoms with van der Waals surface area (Å²) in [5.74, 6) is -0.0305. The van der Waals surface area contributed by atoms with Crippen molar-refractivity contribution >= 4 is 12.3 Å². The maximum absolute atomic E-state index is 12.4. The Morgan fingerprint density at radius 1 is 1.22 bits per heavy atom. The summed E-state index contributed by atoms with van der Waals surface area (Å²) in [5.41, 5.74) is 1.08. The van der Waals surface area contributed by atoms with Crippen LogP contribution in [0.15, 0.2) is 30.3 Å². The van der Waals surface area contributed by atoms with Gasteiger partial charge in [-0.2, -0.15) is 0 Å². The summed E-state index contributed by atoms with van der Waals surface area (Å²) >= 11 is 0. The Morgan fingerprint density at radius 3 is 2.70 bits per heavy atom. The van der Waals surface area contributed by atoms with Gasteiger partial charge in [-0.15, -0.1) is 0 Å². The molecule has 1 aromatic rings. The SMILES string of the molecule is CCCCCC[C@H]1CC[C@@H](C(=O)NCc2ccccc2)N1C=O. The molecule has 126 valence electrons. The molecule has 0 unspecified atom stereocenters. The summed E-state index contributed by atoms with van der Waals surface area (Å²) in [6, 6.07) is 9.79. The summed E-state index contributed by atoms with van der Waals surface area (Å²) in [7, 11) is 0. The van der Waals surface area contributed by atoms with E-state index < -0.39 is 0 Å². The van der Waals surface area contributed by atoms with Gasteiger partial charge in [0.1, 0.15) is 6.04 Å². The van der Waals surface area contributed by atoms with Gasteiger partial charge >= 0.3 is 0 Å². The van der Waals surface area contributed by atoms with Gasteiger partial charge < -0.3 is 10.2 Å². The number of rotatable bonds is 9. The van der Waals surface area contributed by atoms with Crippen molar-refractivity contribution < 1.29 is 9.59 Å². The fourth-order valence-electron chi connectivity index (χ4n) is 3.33. The topological polar surface area (TPSA) is 49.4 Å². The first-order valence-electron chi connectivity index (χ1n) is 8.80. The Hall–Kier alpha value is -1.84. The van der Waals surface area contributed by atoms with Crippen molar-refractivity contribution in [1.29, 1.82) is 0 Å². The van der Waals surface area contributed by atoms with Crippen LogP contribution in [0.1, 0.15) is 57.4 Å². The molecule has 1 saturated heterocycles. The lowest BCUT2D eigenvalue weighted by molar-refractivity contribution is -0.132. The Balaban J connectivity index is 1.81. The molecule has 4 nitrogen and oxygen atoms in total. The van der Waals surface area contributed by atoms with E-state index in [-0.39, 0.29) is 18.0 Å². The average molecular weight is 316 g/mol. The molecule has 0 aromatic heterocycles. The molecule has 2 rings (SSSR count). The van der Waals surface area contributed by atoms with Crippen molar-refractivity contribution in [2.24, 2.45) is 0 Å². The van der Waals surface area contributed by atoms with Gasteiger partial charge in [-0.1, -0.05) is 62.9 Å². The zero-order valence-electron chi connectivity index (χ0n) is 14.0. The minimum Gasteiger partial charge on any atom is -0.350 e. The third kappa shape index (κ3) is 5.08. The van der Waals surface area contributed by atoms with Gasteiger partial charge in [0.2, 0.25) is 12.3 Å². The summed E-state index contributed by atoms with van der Waals surface area (Å²) in [6.45, 7) is 2.71. The second kappa shape index (κ2) is 9.33. The summed E-state index contributed by atoms with van der Waals surface area (Å²) < 4.78 is 0. The van der Waals surface area contributed by atoms with E-state index in [2.05, 4.69) is 12.2 Å². The number of carbonyl (C=O) groups is 2. The van der Waals surface area contributed by atoms with Gasteiger partial charge in [0.15, 0.2) is 0 Å². The van der Waals surface area contributed by atoms with E-state index in [0.717, 1.165) is 37.7 Å². The van der Waals surface area contributed by atoms with Crippen molar-refractivity contribution in [3.8, 4) is 0 Å². The standard InChI is InChI=1S/C19H28N2O2/c1-2-3-4-8-11-17-12-13-18(21(17)15-22)19(23)20-14-16-9-6-5-7-10-16/h5-7,9-10,15,17-18H,2-4,8,11-14H2,1H3,(H,20,23)/t17-,18-/m0/s1. The molecular weight excluding hydrogens is 288 g/mol. The van der Waals surface area contributed by atoms with E-state index in [9.17, 15) is 9.59 Å². The third-order valence-electron chi connectivity index (χ3n) is 4.68. The predicted molar refractivity (Wildman–Crippen MR) is 91.8 cm³/mol. The summed E-state index contributed by atoms with van der Waals surface area (Å²) in [5, 5.41) is 2.96. The first-order valence-corrected chi connectivity index (χ1v) is 8.80. The van der Waals surface area contributed by atoms with E-state index in [1.807, 2.05) is 30.3 Å². The van der Waals surface area contributed by atoms with E-state index in [1.165, 1.54) is 19.3 Å². The smallest absolute Gasteiger partial charge is 0.243 e. The number of hydrogen-bond donors (Lipinski definition) is 1. The van der Waals surface area contributed by atoms with Crippen LogP contribution >= 0.6 is 0 Å². The van der Waals surface area contributed by atoms with Gasteiger partial charge in [-0.05, 0) is 24.8 Å². The molecule has 1 heterocycles. The molecule has 1 aliphatic rings. The molecule has 23 heavy (non-hydrogen) atoms. The number of nitrogens with one attached hydrogen (secondary N) is 1. The first-order chi connectivity index (χ1) is 11.3. The van der Waals surface area contributed by atoms with Crippen LogP contribution < -0.4 is 5.32 Å². The Bertz CT molecular complexity index is 489. The summed E-state index contributed by atoms with van der Waals surface area (Å²) in [4.78, 5) is 25.6. The highest BCUT2D eigenvalue weighted by molar-refractivity contribution is 5.84. The Morgan fingerprint density at radius 2 is 2.00 bits per heavy atom. The second-order valence-electron chi connectivity index (χ2n) is 6.35. The van der Waals surface area contributed by atoms with Crippen LogP contribution in [0.4, 0.5) is 0 Å². The highest BCUT2D eigenvalue weighted by Crippen LogP contribution is 2.26.